The largest absolute Gasteiger partial charge is 0.380 e. The molecule has 1 aliphatic heterocycles. The van der Waals surface area contributed by atoms with E-state index >= 15 is 0 Å². The van der Waals surface area contributed by atoms with Crippen molar-refractivity contribution >= 4 is 0 Å². The number of ether oxygens (including phenoxy) is 1. The predicted molar refractivity (Wildman–Crippen MR) is 73.4 cm³/mol. The molecule has 0 bridgehead atoms. The van der Waals surface area contributed by atoms with Crippen molar-refractivity contribution in [3.05, 3.63) is 0 Å². The van der Waals surface area contributed by atoms with Crippen molar-refractivity contribution in [3.8, 4) is 0 Å². The fraction of sp³-hybridized carbons (Fsp3) is 1.00. The van der Waals surface area contributed by atoms with Crippen LogP contribution in [0.1, 0.15) is 41.0 Å². The summed E-state index contributed by atoms with van der Waals surface area (Å²) in [5, 5.41) is 3.59. The highest BCUT2D eigenvalue weighted by molar-refractivity contribution is 4.91. The van der Waals surface area contributed by atoms with E-state index in [0.717, 1.165) is 39.3 Å². The summed E-state index contributed by atoms with van der Waals surface area (Å²) < 4.78 is 5.62. The van der Waals surface area contributed by atoms with Crippen molar-refractivity contribution in [2.75, 3.05) is 32.8 Å². The number of nitrogens with one attached hydrogen (secondary N) is 1. The molecular formula is C14H30N2O. The summed E-state index contributed by atoms with van der Waals surface area (Å²) in [5.41, 5.74) is 0.331. The summed E-state index contributed by atoms with van der Waals surface area (Å²) in [4.78, 5) is 2.59. The van der Waals surface area contributed by atoms with E-state index in [-0.39, 0.29) is 0 Å². The summed E-state index contributed by atoms with van der Waals surface area (Å²) in [6, 6.07) is 1.21. The first-order valence-corrected chi connectivity index (χ1v) is 7.00. The fourth-order valence-corrected chi connectivity index (χ4v) is 2.51. The van der Waals surface area contributed by atoms with Crippen LogP contribution in [0.4, 0.5) is 0 Å². The molecule has 0 spiro atoms. The first-order valence-electron chi connectivity index (χ1n) is 7.00. The predicted octanol–water partition coefficient (Wildman–Crippen LogP) is 2.12. The van der Waals surface area contributed by atoms with E-state index in [2.05, 4.69) is 44.8 Å². The second-order valence-corrected chi connectivity index (χ2v) is 6.30. The van der Waals surface area contributed by atoms with Gasteiger partial charge in [-0.1, -0.05) is 27.7 Å². The van der Waals surface area contributed by atoms with Gasteiger partial charge in [0.2, 0.25) is 0 Å². The Bertz CT molecular complexity index is 213. The van der Waals surface area contributed by atoms with E-state index in [1.54, 1.807) is 0 Å². The highest BCUT2D eigenvalue weighted by atomic mass is 16.5. The Kier molecular flexibility index (Phi) is 5.90. The number of hydrogen-bond acceptors (Lipinski definition) is 3. The Morgan fingerprint density at radius 2 is 2.00 bits per heavy atom. The molecule has 1 fully saturated rings. The smallest absolute Gasteiger partial charge is 0.0593 e. The van der Waals surface area contributed by atoms with Crippen LogP contribution in [0.15, 0.2) is 0 Å². The van der Waals surface area contributed by atoms with Crippen LogP contribution in [0.2, 0.25) is 0 Å². The van der Waals surface area contributed by atoms with Gasteiger partial charge in [0.05, 0.1) is 6.61 Å². The van der Waals surface area contributed by atoms with Crippen molar-refractivity contribution in [2.45, 2.75) is 53.1 Å². The van der Waals surface area contributed by atoms with Gasteiger partial charge >= 0.3 is 0 Å². The highest BCUT2D eigenvalue weighted by Crippen LogP contribution is 2.26. The second-order valence-electron chi connectivity index (χ2n) is 6.30. The molecule has 1 N–H and O–H groups in total. The van der Waals surface area contributed by atoms with E-state index in [1.165, 1.54) is 0 Å². The van der Waals surface area contributed by atoms with Gasteiger partial charge in [0, 0.05) is 38.3 Å². The molecular weight excluding hydrogens is 212 g/mol. The molecule has 2 atom stereocenters. The summed E-state index contributed by atoms with van der Waals surface area (Å²) in [7, 11) is 0. The van der Waals surface area contributed by atoms with Gasteiger partial charge in [-0.15, -0.1) is 0 Å². The maximum atomic E-state index is 5.62. The van der Waals surface area contributed by atoms with Gasteiger partial charge in [0.1, 0.15) is 0 Å². The topological polar surface area (TPSA) is 24.5 Å². The molecule has 102 valence electrons. The van der Waals surface area contributed by atoms with Gasteiger partial charge in [0.15, 0.2) is 0 Å². The van der Waals surface area contributed by atoms with Gasteiger partial charge in [-0.2, -0.15) is 0 Å². The summed E-state index contributed by atoms with van der Waals surface area (Å²) >= 11 is 0. The molecule has 0 aliphatic carbocycles. The Morgan fingerprint density at radius 3 is 2.59 bits per heavy atom. The minimum absolute atomic E-state index is 0.331. The quantitative estimate of drug-likeness (QED) is 0.747. The molecule has 0 aromatic carbocycles. The number of nitrogens with zero attached hydrogens (tertiary/aromatic N) is 1. The second kappa shape index (κ2) is 6.72. The van der Waals surface area contributed by atoms with Gasteiger partial charge in [0.25, 0.3) is 0 Å². The summed E-state index contributed by atoms with van der Waals surface area (Å²) in [6.07, 6.45) is 1.11. The first kappa shape index (κ1) is 14.9. The number of rotatable bonds is 5. The molecule has 2 unspecified atom stereocenters. The molecule has 0 radical (unpaired) electrons. The van der Waals surface area contributed by atoms with Crippen molar-refractivity contribution in [3.63, 3.8) is 0 Å². The minimum Gasteiger partial charge on any atom is -0.380 e. The van der Waals surface area contributed by atoms with Crippen molar-refractivity contribution in [1.29, 1.82) is 0 Å². The lowest BCUT2D eigenvalue weighted by Crippen LogP contribution is -2.60. The average Bonchev–Trinajstić information content (AvgIpc) is 2.23. The third-order valence-corrected chi connectivity index (χ3v) is 3.48. The first-order chi connectivity index (χ1) is 7.95. The molecule has 1 rings (SSSR count). The average molecular weight is 242 g/mol. The van der Waals surface area contributed by atoms with Crippen LogP contribution < -0.4 is 5.32 Å². The summed E-state index contributed by atoms with van der Waals surface area (Å²) in [6.45, 7) is 16.5. The zero-order chi connectivity index (χ0) is 12.9. The fourth-order valence-electron chi connectivity index (χ4n) is 2.51. The van der Waals surface area contributed by atoms with Crippen molar-refractivity contribution in [2.24, 2.45) is 5.41 Å². The van der Waals surface area contributed by atoms with E-state index in [9.17, 15) is 0 Å². The van der Waals surface area contributed by atoms with E-state index in [4.69, 9.17) is 4.74 Å². The molecule has 1 saturated heterocycles. The molecule has 1 heterocycles. The third kappa shape index (κ3) is 4.94. The number of hydrogen-bond donors (Lipinski definition) is 1. The lowest BCUT2D eigenvalue weighted by atomic mass is 9.84. The zero-order valence-electron chi connectivity index (χ0n) is 12.3. The standard InChI is InChI=1S/C14H30N2O/c1-6-8-17-9-7-16-11-12(2)15-10-13(16)14(3,4)5/h12-13,15H,6-11H2,1-5H3. The Morgan fingerprint density at radius 1 is 1.29 bits per heavy atom. The van der Waals surface area contributed by atoms with Crippen LogP contribution in [0, 0.1) is 5.41 Å². The zero-order valence-corrected chi connectivity index (χ0v) is 12.3. The van der Waals surface area contributed by atoms with Gasteiger partial charge < -0.3 is 10.1 Å². The van der Waals surface area contributed by atoms with Gasteiger partial charge in [-0.3, -0.25) is 4.90 Å². The maximum Gasteiger partial charge on any atom is 0.0593 e. The van der Waals surface area contributed by atoms with Crippen molar-refractivity contribution < 1.29 is 4.74 Å². The van der Waals surface area contributed by atoms with Crippen LogP contribution in [-0.2, 0) is 4.74 Å². The number of piperazine rings is 1. The van der Waals surface area contributed by atoms with Crippen LogP contribution in [0.5, 0.6) is 0 Å². The molecule has 0 aromatic rings. The lowest BCUT2D eigenvalue weighted by Gasteiger charge is -2.45. The SMILES string of the molecule is CCCOCCN1CC(C)NCC1C(C)(C)C. The van der Waals surface area contributed by atoms with Crippen LogP contribution in [-0.4, -0.2) is 49.8 Å². The van der Waals surface area contributed by atoms with Gasteiger partial charge in [-0.25, -0.2) is 0 Å². The van der Waals surface area contributed by atoms with Gasteiger partial charge in [-0.05, 0) is 18.8 Å². The minimum atomic E-state index is 0.331. The maximum absolute atomic E-state index is 5.62. The Labute approximate surface area is 107 Å². The molecule has 0 amide bonds. The van der Waals surface area contributed by atoms with E-state index < -0.39 is 0 Å². The lowest BCUT2D eigenvalue weighted by molar-refractivity contribution is 0.0273. The Balaban J connectivity index is 2.44. The third-order valence-electron chi connectivity index (χ3n) is 3.48. The summed E-state index contributed by atoms with van der Waals surface area (Å²) in [5.74, 6) is 0. The van der Waals surface area contributed by atoms with Crippen LogP contribution in [0.25, 0.3) is 0 Å². The molecule has 0 saturated carbocycles. The normalized spacial score (nSPS) is 27.4. The van der Waals surface area contributed by atoms with Crippen LogP contribution in [0.3, 0.4) is 0 Å². The van der Waals surface area contributed by atoms with Crippen molar-refractivity contribution in [1.82, 2.24) is 10.2 Å². The monoisotopic (exact) mass is 242 g/mol. The highest BCUT2D eigenvalue weighted by Gasteiger charge is 2.33. The molecule has 0 aromatic heterocycles. The molecule has 1 aliphatic rings. The Hall–Kier alpha value is -0.120. The van der Waals surface area contributed by atoms with Crippen LogP contribution >= 0.6 is 0 Å². The molecule has 3 nitrogen and oxygen atoms in total. The molecule has 17 heavy (non-hydrogen) atoms. The van der Waals surface area contributed by atoms with E-state index in [1.807, 2.05) is 0 Å². The van der Waals surface area contributed by atoms with E-state index in [0.29, 0.717) is 17.5 Å². The molecule has 3 heteroatoms.